The van der Waals surface area contributed by atoms with Gasteiger partial charge in [0.1, 0.15) is 5.82 Å². The van der Waals surface area contributed by atoms with Gasteiger partial charge in [0.15, 0.2) is 0 Å². The maximum atomic E-state index is 13.6. The molecule has 0 saturated carbocycles. The van der Waals surface area contributed by atoms with Crippen LogP contribution < -0.4 is 5.73 Å². The third kappa shape index (κ3) is 3.47. The van der Waals surface area contributed by atoms with Crippen molar-refractivity contribution in [1.82, 2.24) is 0 Å². The van der Waals surface area contributed by atoms with Crippen molar-refractivity contribution in [3.8, 4) is 0 Å². The molecule has 0 spiro atoms. The van der Waals surface area contributed by atoms with Crippen LogP contribution in [0.5, 0.6) is 0 Å². The van der Waals surface area contributed by atoms with Crippen LogP contribution in [0.25, 0.3) is 0 Å². The molecule has 0 aromatic heterocycles. The van der Waals surface area contributed by atoms with Crippen molar-refractivity contribution in [3.05, 3.63) is 69.4 Å². The van der Waals surface area contributed by atoms with Crippen molar-refractivity contribution in [1.29, 1.82) is 0 Å². The van der Waals surface area contributed by atoms with Crippen LogP contribution in [0.4, 0.5) is 4.39 Å². The number of nitrogens with two attached hydrogens (primary N) is 1. The second-order valence-corrected chi connectivity index (χ2v) is 6.25. The SMILES string of the molecule is CC(C)Cc1ccc(C(N)c2cccc(F)c2Br)cc1. The van der Waals surface area contributed by atoms with Gasteiger partial charge in [0.25, 0.3) is 0 Å². The summed E-state index contributed by atoms with van der Waals surface area (Å²) in [6, 6.07) is 12.9. The van der Waals surface area contributed by atoms with Gasteiger partial charge in [0.05, 0.1) is 10.5 Å². The van der Waals surface area contributed by atoms with Gasteiger partial charge < -0.3 is 5.73 Å². The highest BCUT2D eigenvalue weighted by Crippen LogP contribution is 2.29. The minimum Gasteiger partial charge on any atom is -0.320 e. The third-order valence-corrected chi connectivity index (χ3v) is 4.14. The molecular formula is C17H19BrFN. The fourth-order valence-electron chi connectivity index (χ4n) is 2.27. The van der Waals surface area contributed by atoms with E-state index in [-0.39, 0.29) is 11.9 Å². The Morgan fingerprint density at radius 3 is 2.35 bits per heavy atom. The Hall–Kier alpha value is -1.19. The minimum absolute atomic E-state index is 0.283. The molecule has 1 nitrogen and oxygen atoms in total. The Morgan fingerprint density at radius 2 is 1.75 bits per heavy atom. The number of hydrogen-bond donors (Lipinski definition) is 1. The van der Waals surface area contributed by atoms with Gasteiger partial charge in [-0.25, -0.2) is 4.39 Å². The Bertz CT molecular complexity index is 578. The quantitative estimate of drug-likeness (QED) is 0.850. The summed E-state index contributed by atoms with van der Waals surface area (Å²) in [6.07, 6.45) is 1.05. The Labute approximate surface area is 128 Å². The van der Waals surface area contributed by atoms with E-state index in [0.29, 0.717) is 10.4 Å². The number of hydrogen-bond acceptors (Lipinski definition) is 1. The molecule has 1 atom stereocenters. The lowest BCUT2D eigenvalue weighted by Crippen LogP contribution is -2.13. The first kappa shape index (κ1) is 15.2. The van der Waals surface area contributed by atoms with Crippen LogP contribution in [0, 0.1) is 11.7 Å². The van der Waals surface area contributed by atoms with E-state index in [2.05, 4.69) is 41.9 Å². The van der Waals surface area contributed by atoms with Gasteiger partial charge in [0, 0.05) is 0 Å². The normalized spacial score (nSPS) is 12.7. The van der Waals surface area contributed by atoms with Crippen LogP contribution in [0.3, 0.4) is 0 Å². The van der Waals surface area contributed by atoms with Crippen molar-refractivity contribution in [3.63, 3.8) is 0 Å². The van der Waals surface area contributed by atoms with Crippen LogP contribution in [-0.2, 0) is 6.42 Å². The molecule has 0 radical (unpaired) electrons. The number of halogens is 2. The van der Waals surface area contributed by atoms with E-state index in [4.69, 9.17) is 5.73 Å². The molecule has 0 aliphatic heterocycles. The molecule has 0 bridgehead atoms. The second kappa shape index (κ2) is 6.51. The van der Waals surface area contributed by atoms with Crippen molar-refractivity contribution in [2.45, 2.75) is 26.3 Å². The lowest BCUT2D eigenvalue weighted by molar-refractivity contribution is 0.616. The van der Waals surface area contributed by atoms with E-state index in [1.54, 1.807) is 6.07 Å². The monoisotopic (exact) mass is 335 g/mol. The summed E-state index contributed by atoms with van der Waals surface area (Å²) in [4.78, 5) is 0. The molecule has 0 aliphatic carbocycles. The molecule has 0 fully saturated rings. The van der Waals surface area contributed by atoms with E-state index < -0.39 is 0 Å². The average molecular weight is 336 g/mol. The zero-order chi connectivity index (χ0) is 14.7. The Balaban J connectivity index is 2.25. The highest BCUT2D eigenvalue weighted by atomic mass is 79.9. The van der Waals surface area contributed by atoms with Crippen LogP contribution in [0.2, 0.25) is 0 Å². The molecule has 0 aliphatic rings. The fraction of sp³-hybridized carbons (Fsp3) is 0.294. The summed E-state index contributed by atoms with van der Waals surface area (Å²) >= 11 is 3.27. The molecule has 106 valence electrons. The Kier molecular flexibility index (Phi) is 4.95. The smallest absolute Gasteiger partial charge is 0.137 e. The van der Waals surface area contributed by atoms with Gasteiger partial charge >= 0.3 is 0 Å². The van der Waals surface area contributed by atoms with Crippen molar-refractivity contribution in [2.75, 3.05) is 0 Å². The third-order valence-electron chi connectivity index (χ3n) is 3.30. The van der Waals surface area contributed by atoms with Crippen molar-refractivity contribution in [2.24, 2.45) is 11.7 Å². The molecule has 1 unspecified atom stereocenters. The molecule has 0 saturated heterocycles. The van der Waals surface area contributed by atoms with Gasteiger partial charge in [-0.2, -0.15) is 0 Å². The van der Waals surface area contributed by atoms with Crippen LogP contribution in [-0.4, -0.2) is 0 Å². The van der Waals surface area contributed by atoms with Gasteiger partial charge in [-0.3, -0.25) is 0 Å². The van der Waals surface area contributed by atoms with Gasteiger partial charge in [0.2, 0.25) is 0 Å². The van der Waals surface area contributed by atoms with E-state index in [0.717, 1.165) is 17.5 Å². The number of benzene rings is 2. The van der Waals surface area contributed by atoms with Crippen LogP contribution in [0.15, 0.2) is 46.9 Å². The predicted molar refractivity (Wildman–Crippen MR) is 85.1 cm³/mol. The van der Waals surface area contributed by atoms with Gasteiger partial charge in [-0.1, -0.05) is 50.2 Å². The molecule has 2 aromatic carbocycles. The summed E-state index contributed by atoms with van der Waals surface area (Å²) in [5, 5.41) is 0. The lowest BCUT2D eigenvalue weighted by Gasteiger charge is -2.15. The predicted octanol–water partition coefficient (Wildman–Crippen LogP) is 4.83. The minimum atomic E-state index is -0.326. The topological polar surface area (TPSA) is 26.0 Å². The summed E-state index contributed by atoms with van der Waals surface area (Å²) in [5.74, 6) is 0.348. The average Bonchev–Trinajstić information content (AvgIpc) is 2.41. The molecular weight excluding hydrogens is 317 g/mol. The largest absolute Gasteiger partial charge is 0.320 e. The van der Waals surface area contributed by atoms with E-state index in [1.165, 1.54) is 11.6 Å². The number of rotatable bonds is 4. The first-order valence-corrected chi connectivity index (χ1v) is 7.56. The standard InChI is InChI=1S/C17H19BrFN/c1-11(2)10-12-6-8-13(9-7-12)17(20)14-4-3-5-15(19)16(14)18/h3-9,11,17H,10,20H2,1-2H3. The maximum absolute atomic E-state index is 13.6. The molecule has 2 N–H and O–H groups in total. The summed E-state index contributed by atoms with van der Waals surface area (Å²) in [6.45, 7) is 4.40. The van der Waals surface area contributed by atoms with E-state index >= 15 is 0 Å². The summed E-state index contributed by atoms with van der Waals surface area (Å²) in [5.41, 5.74) is 9.30. The molecule has 0 amide bonds. The maximum Gasteiger partial charge on any atom is 0.137 e. The molecule has 0 heterocycles. The van der Waals surface area contributed by atoms with E-state index in [9.17, 15) is 4.39 Å². The first-order valence-electron chi connectivity index (χ1n) is 6.77. The van der Waals surface area contributed by atoms with Crippen LogP contribution >= 0.6 is 15.9 Å². The van der Waals surface area contributed by atoms with Gasteiger partial charge in [-0.05, 0) is 51.0 Å². The fourth-order valence-corrected chi connectivity index (χ4v) is 2.78. The van der Waals surface area contributed by atoms with Crippen molar-refractivity contribution < 1.29 is 4.39 Å². The Morgan fingerprint density at radius 1 is 1.10 bits per heavy atom. The zero-order valence-electron chi connectivity index (χ0n) is 11.7. The summed E-state index contributed by atoms with van der Waals surface area (Å²) in [7, 11) is 0. The molecule has 3 heteroatoms. The highest BCUT2D eigenvalue weighted by molar-refractivity contribution is 9.10. The second-order valence-electron chi connectivity index (χ2n) is 5.46. The van der Waals surface area contributed by atoms with Gasteiger partial charge in [-0.15, -0.1) is 0 Å². The van der Waals surface area contributed by atoms with Crippen molar-refractivity contribution >= 4 is 15.9 Å². The molecule has 2 aromatic rings. The highest BCUT2D eigenvalue weighted by Gasteiger charge is 2.14. The molecule has 2 rings (SSSR count). The molecule has 20 heavy (non-hydrogen) atoms. The van der Waals surface area contributed by atoms with Crippen LogP contribution in [0.1, 0.15) is 36.6 Å². The zero-order valence-corrected chi connectivity index (χ0v) is 13.3. The lowest BCUT2D eigenvalue weighted by atomic mass is 9.96. The van der Waals surface area contributed by atoms with E-state index in [1.807, 2.05) is 18.2 Å². The summed E-state index contributed by atoms with van der Waals surface area (Å²) < 4.78 is 14.0. The first-order chi connectivity index (χ1) is 9.49.